The van der Waals surface area contributed by atoms with E-state index in [1.165, 1.54) is 0 Å². The normalized spacial score (nSPS) is 27.5. The van der Waals surface area contributed by atoms with Crippen molar-refractivity contribution in [3.63, 3.8) is 0 Å². The van der Waals surface area contributed by atoms with E-state index in [-0.39, 0.29) is 5.91 Å². The lowest BCUT2D eigenvalue weighted by atomic mass is 10.1. The number of hydrogen-bond acceptors (Lipinski definition) is 2. The van der Waals surface area contributed by atoms with Gasteiger partial charge in [0.25, 0.3) is 0 Å². The van der Waals surface area contributed by atoms with Gasteiger partial charge in [0, 0.05) is 18.6 Å². The van der Waals surface area contributed by atoms with Gasteiger partial charge in [-0.15, -0.1) is 0 Å². The van der Waals surface area contributed by atoms with Crippen molar-refractivity contribution in [3.8, 4) is 0 Å². The number of rotatable bonds is 2. The highest BCUT2D eigenvalue weighted by molar-refractivity contribution is 9.10. The minimum atomic E-state index is -0.442. The summed E-state index contributed by atoms with van der Waals surface area (Å²) in [5, 5.41) is 0. The fourth-order valence-corrected chi connectivity index (χ4v) is 2.47. The standard InChI is InChI=1S/C11H21BrN2O/c1-8-9(13(4)5)6-7-14(8)10(15)11(2,3)12/h8-9H,6-7H2,1-5H3. The molecule has 3 nitrogen and oxygen atoms in total. The van der Waals surface area contributed by atoms with Gasteiger partial charge in [-0.3, -0.25) is 4.79 Å². The van der Waals surface area contributed by atoms with E-state index in [2.05, 4.69) is 41.8 Å². The summed E-state index contributed by atoms with van der Waals surface area (Å²) in [6.07, 6.45) is 1.07. The average molecular weight is 277 g/mol. The highest BCUT2D eigenvalue weighted by atomic mass is 79.9. The molecule has 4 heteroatoms. The van der Waals surface area contributed by atoms with Gasteiger partial charge >= 0.3 is 0 Å². The first-order valence-corrected chi connectivity index (χ1v) is 6.21. The Balaban J connectivity index is 2.72. The monoisotopic (exact) mass is 276 g/mol. The maximum absolute atomic E-state index is 12.1. The third-order valence-electron chi connectivity index (χ3n) is 3.15. The zero-order valence-corrected chi connectivity index (χ0v) is 11.8. The summed E-state index contributed by atoms with van der Waals surface area (Å²) in [6, 6.07) is 0.799. The molecule has 1 saturated heterocycles. The molecular weight excluding hydrogens is 256 g/mol. The van der Waals surface area contributed by atoms with Gasteiger partial charge in [0.15, 0.2) is 0 Å². The van der Waals surface area contributed by atoms with Crippen LogP contribution in [0.25, 0.3) is 0 Å². The van der Waals surface area contributed by atoms with E-state index in [1.54, 1.807) is 0 Å². The molecule has 0 aromatic carbocycles. The number of hydrogen-bond donors (Lipinski definition) is 0. The summed E-state index contributed by atoms with van der Waals surface area (Å²) in [5.74, 6) is 0.194. The molecule has 0 radical (unpaired) electrons. The van der Waals surface area contributed by atoms with Gasteiger partial charge in [-0.25, -0.2) is 0 Å². The third kappa shape index (κ3) is 2.72. The predicted octanol–water partition coefficient (Wildman–Crippen LogP) is 1.71. The van der Waals surface area contributed by atoms with Crippen molar-refractivity contribution in [2.75, 3.05) is 20.6 Å². The van der Waals surface area contributed by atoms with Gasteiger partial charge in [0.2, 0.25) is 5.91 Å². The first kappa shape index (κ1) is 13.0. The Bertz CT molecular complexity index is 247. The van der Waals surface area contributed by atoms with Gasteiger partial charge < -0.3 is 9.80 Å². The molecule has 0 N–H and O–H groups in total. The van der Waals surface area contributed by atoms with E-state index in [1.807, 2.05) is 18.7 Å². The van der Waals surface area contributed by atoms with Crippen LogP contribution < -0.4 is 0 Å². The van der Waals surface area contributed by atoms with Crippen LogP contribution >= 0.6 is 15.9 Å². The highest BCUT2D eigenvalue weighted by Gasteiger charge is 2.39. The minimum absolute atomic E-state index is 0.194. The lowest BCUT2D eigenvalue weighted by Gasteiger charge is -2.31. The number of likely N-dealkylation sites (N-methyl/N-ethyl adjacent to an activating group) is 1. The number of alkyl halides is 1. The molecule has 1 rings (SSSR count). The number of carbonyl (C=O) groups excluding carboxylic acids is 1. The molecule has 0 bridgehead atoms. The molecule has 1 amide bonds. The predicted molar refractivity (Wildman–Crippen MR) is 66.3 cm³/mol. The van der Waals surface area contributed by atoms with Gasteiger partial charge in [-0.2, -0.15) is 0 Å². The zero-order chi connectivity index (χ0) is 11.8. The Morgan fingerprint density at radius 1 is 1.47 bits per heavy atom. The van der Waals surface area contributed by atoms with Crippen molar-refractivity contribution < 1.29 is 4.79 Å². The quantitative estimate of drug-likeness (QED) is 0.717. The molecule has 88 valence electrons. The van der Waals surface area contributed by atoms with Crippen LogP contribution in [0.5, 0.6) is 0 Å². The summed E-state index contributed by atoms with van der Waals surface area (Å²) >= 11 is 3.43. The van der Waals surface area contributed by atoms with E-state index < -0.39 is 4.32 Å². The molecule has 2 unspecified atom stereocenters. The van der Waals surface area contributed by atoms with E-state index in [0.717, 1.165) is 13.0 Å². The fraction of sp³-hybridized carbons (Fsp3) is 0.909. The number of carbonyl (C=O) groups is 1. The van der Waals surface area contributed by atoms with Gasteiger partial charge in [0.05, 0.1) is 4.32 Å². The molecular formula is C11H21BrN2O. The fourth-order valence-electron chi connectivity index (χ4n) is 2.24. The van der Waals surface area contributed by atoms with E-state index in [0.29, 0.717) is 12.1 Å². The maximum atomic E-state index is 12.1. The van der Waals surface area contributed by atoms with Crippen LogP contribution in [0.1, 0.15) is 27.2 Å². The molecule has 1 heterocycles. The summed E-state index contributed by atoms with van der Waals surface area (Å²) in [6.45, 7) is 6.82. The molecule has 0 spiro atoms. The van der Waals surface area contributed by atoms with Crippen LogP contribution in [0, 0.1) is 0 Å². The molecule has 2 atom stereocenters. The smallest absolute Gasteiger partial charge is 0.239 e. The van der Waals surface area contributed by atoms with Crippen molar-refractivity contribution in [2.24, 2.45) is 0 Å². The van der Waals surface area contributed by atoms with E-state index in [4.69, 9.17) is 0 Å². The second-order valence-electron chi connectivity index (χ2n) is 5.03. The third-order valence-corrected chi connectivity index (χ3v) is 3.49. The van der Waals surface area contributed by atoms with Crippen molar-refractivity contribution in [2.45, 2.75) is 43.6 Å². The molecule has 0 aromatic rings. The second kappa shape index (κ2) is 4.42. The first-order valence-electron chi connectivity index (χ1n) is 5.41. The molecule has 15 heavy (non-hydrogen) atoms. The van der Waals surface area contributed by atoms with Gasteiger partial charge in [-0.05, 0) is 41.3 Å². The Kier molecular flexibility index (Phi) is 3.82. The molecule has 1 aliphatic heterocycles. The zero-order valence-electron chi connectivity index (χ0n) is 10.2. The molecule has 1 fully saturated rings. The van der Waals surface area contributed by atoms with Gasteiger partial charge in [-0.1, -0.05) is 15.9 Å². The summed E-state index contributed by atoms with van der Waals surface area (Å²) in [4.78, 5) is 16.3. The van der Waals surface area contributed by atoms with Crippen molar-refractivity contribution in [1.82, 2.24) is 9.80 Å². The topological polar surface area (TPSA) is 23.6 Å². The van der Waals surface area contributed by atoms with Crippen molar-refractivity contribution in [1.29, 1.82) is 0 Å². The minimum Gasteiger partial charge on any atom is -0.337 e. The number of halogens is 1. The Morgan fingerprint density at radius 2 is 2.00 bits per heavy atom. The molecule has 1 aliphatic rings. The van der Waals surface area contributed by atoms with Crippen LogP contribution in [0.2, 0.25) is 0 Å². The number of nitrogens with zero attached hydrogens (tertiary/aromatic N) is 2. The molecule has 0 aliphatic carbocycles. The van der Waals surface area contributed by atoms with Crippen molar-refractivity contribution >= 4 is 21.8 Å². The lowest BCUT2D eigenvalue weighted by Crippen LogP contribution is -2.47. The number of likely N-dealkylation sites (tertiary alicyclic amines) is 1. The van der Waals surface area contributed by atoms with Gasteiger partial charge in [0.1, 0.15) is 0 Å². The Labute approximate surface area is 101 Å². The lowest BCUT2D eigenvalue weighted by molar-refractivity contribution is -0.133. The molecule has 0 saturated carbocycles. The average Bonchev–Trinajstić information content (AvgIpc) is 2.44. The van der Waals surface area contributed by atoms with Crippen LogP contribution in [0.4, 0.5) is 0 Å². The maximum Gasteiger partial charge on any atom is 0.239 e. The van der Waals surface area contributed by atoms with Crippen LogP contribution in [-0.2, 0) is 4.79 Å². The Hall–Kier alpha value is -0.0900. The summed E-state index contributed by atoms with van der Waals surface area (Å²) in [5.41, 5.74) is 0. The Morgan fingerprint density at radius 3 is 2.33 bits per heavy atom. The first-order chi connectivity index (χ1) is 6.75. The highest BCUT2D eigenvalue weighted by Crippen LogP contribution is 2.27. The largest absolute Gasteiger partial charge is 0.337 e. The van der Waals surface area contributed by atoms with Crippen LogP contribution in [-0.4, -0.2) is 52.8 Å². The second-order valence-corrected chi connectivity index (χ2v) is 7.01. The SMILES string of the molecule is CC1C(N(C)C)CCN1C(=O)C(C)(C)Br. The van der Waals surface area contributed by atoms with Crippen molar-refractivity contribution in [3.05, 3.63) is 0 Å². The summed E-state index contributed by atoms with van der Waals surface area (Å²) in [7, 11) is 4.16. The van der Waals surface area contributed by atoms with Crippen LogP contribution in [0.3, 0.4) is 0 Å². The molecule has 0 aromatic heterocycles. The number of amides is 1. The van der Waals surface area contributed by atoms with E-state index >= 15 is 0 Å². The summed E-state index contributed by atoms with van der Waals surface area (Å²) < 4.78 is -0.442. The van der Waals surface area contributed by atoms with E-state index in [9.17, 15) is 4.79 Å². The van der Waals surface area contributed by atoms with Crippen LogP contribution in [0.15, 0.2) is 0 Å².